The zero-order chi connectivity index (χ0) is 28.8. The number of aliphatic carboxylic acids is 3. The first-order valence-electron chi connectivity index (χ1n) is 13.1. The van der Waals surface area contributed by atoms with Crippen LogP contribution in [0.4, 0.5) is 0 Å². The van der Waals surface area contributed by atoms with Crippen molar-refractivity contribution in [3.05, 3.63) is 29.6 Å². The molecule has 14 heteroatoms. The second kappa shape index (κ2) is 16.6. The van der Waals surface area contributed by atoms with Gasteiger partial charge in [-0.15, -0.1) is 0 Å². The van der Waals surface area contributed by atoms with E-state index in [2.05, 4.69) is 5.32 Å². The van der Waals surface area contributed by atoms with Gasteiger partial charge in [0.1, 0.15) is 0 Å². The van der Waals surface area contributed by atoms with Crippen molar-refractivity contribution >= 4 is 23.8 Å². The molecule has 39 heavy (non-hydrogen) atoms. The lowest BCUT2D eigenvalue weighted by Gasteiger charge is -2.32. The Bertz CT molecular complexity index is 946. The molecule has 2 rings (SSSR count). The second-order valence-corrected chi connectivity index (χ2v) is 9.65. The van der Waals surface area contributed by atoms with Crippen LogP contribution in [-0.4, -0.2) is 142 Å². The molecular weight excluding hydrogens is 512 g/mol. The standard InChI is InChI=1S/C25H40N6O8/c1-2-3-5-26-25(38)20-4-6-31(39)21(15-20)16-27-7-9-28(17-22(32)33)11-13-30(19-24(36)37)14-12-29(10-8-27)18-23(34)35/h4,6,15H,2-3,5,7-14,16-19H2,1H3,(H4-,26,32,33,34,35,36,37,38,39)/p+1. The molecule has 2 heterocycles. The summed E-state index contributed by atoms with van der Waals surface area (Å²) in [6.07, 6.45) is 3.19. The molecule has 1 aliphatic heterocycles. The van der Waals surface area contributed by atoms with Gasteiger partial charge in [-0.3, -0.25) is 44.0 Å². The average Bonchev–Trinajstić information content (AvgIpc) is 2.85. The maximum absolute atomic E-state index is 12.5. The van der Waals surface area contributed by atoms with Gasteiger partial charge < -0.3 is 20.6 Å². The molecule has 0 unspecified atom stereocenters. The van der Waals surface area contributed by atoms with Gasteiger partial charge >= 0.3 is 17.9 Å². The van der Waals surface area contributed by atoms with Crippen LogP contribution in [0.5, 0.6) is 0 Å². The van der Waals surface area contributed by atoms with Crippen LogP contribution in [0.1, 0.15) is 35.8 Å². The number of carbonyl (C=O) groups excluding carboxylic acids is 1. The van der Waals surface area contributed by atoms with E-state index in [9.17, 15) is 39.7 Å². The molecule has 0 aromatic carbocycles. The fourth-order valence-electron chi connectivity index (χ4n) is 4.29. The Morgan fingerprint density at radius 3 is 1.64 bits per heavy atom. The summed E-state index contributed by atoms with van der Waals surface area (Å²) < 4.78 is 0.937. The fraction of sp³-hybridized carbons (Fsp3) is 0.640. The summed E-state index contributed by atoms with van der Waals surface area (Å²) in [5, 5.41) is 41.3. The predicted octanol–water partition coefficient (Wildman–Crippen LogP) is -1.28. The third kappa shape index (κ3) is 12.4. The Labute approximate surface area is 228 Å². The van der Waals surface area contributed by atoms with Gasteiger partial charge in [0.2, 0.25) is 11.9 Å². The Kier molecular flexibility index (Phi) is 13.6. The van der Waals surface area contributed by atoms with Crippen LogP contribution in [0.15, 0.2) is 18.3 Å². The first kappa shape index (κ1) is 31.9. The van der Waals surface area contributed by atoms with Crippen LogP contribution in [-0.2, 0) is 20.9 Å². The minimum absolute atomic E-state index is 0.215. The molecule has 1 fully saturated rings. The molecule has 0 saturated carbocycles. The first-order valence-corrected chi connectivity index (χ1v) is 13.1. The Morgan fingerprint density at radius 1 is 0.795 bits per heavy atom. The molecule has 1 saturated heterocycles. The molecule has 218 valence electrons. The minimum atomic E-state index is -1.01. The van der Waals surface area contributed by atoms with Gasteiger partial charge in [0.05, 0.1) is 31.7 Å². The summed E-state index contributed by atoms with van der Waals surface area (Å²) in [6.45, 7) is 4.93. The maximum atomic E-state index is 12.5. The molecule has 1 aromatic heterocycles. The number of aromatic nitrogens is 1. The maximum Gasteiger partial charge on any atom is 0.317 e. The van der Waals surface area contributed by atoms with E-state index in [1.54, 1.807) is 20.8 Å². The van der Waals surface area contributed by atoms with Crippen LogP contribution >= 0.6 is 0 Å². The highest BCUT2D eigenvalue weighted by Gasteiger charge is 2.23. The number of unbranched alkanes of at least 4 members (excludes halogenated alkanes) is 1. The zero-order valence-corrected chi connectivity index (χ0v) is 22.5. The molecular formula is C25H41N6O8+. The van der Waals surface area contributed by atoms with E-state index in [0.29, 0.717) is 70.2 Å². The summed E-state index contributed by atoms with van der Waals surface area (Å²) in [5.41, 5.74) is 0.853. The predicted molar refractivity (Wildman–Crippen MR) is 139 cm³/mol. The zero-order valence-electron chi connectivity index (χ0n) is 22.5. The van der Waals surface area contributed by atoms with Crippen LogP contribution in [0, 0.1) is 0 Å². The van der Waals surface area contributed by atoms with E-state index < -0.39 is 17.9 Å². The highest BCUT2D eigenvalue weighted by molar-refractivity contribution is 5.94. The van der Waals surface area contributed by atoms with Crippen molar-refractivity contribution in [1.82, 2.24) is 24.9 Å². The average molecular weight is 554 g/mol. The molecule has 5 N–H and O–H groups in total. The van der Waals surface area contributed by atoms with Crippen molar-refractivity contribution in [2.75, 3.05) is 78.5 Å². The van der Waals surface area contributed by atoms with Gasteiger partial charge in [-0.25, -0.2) is 0 Å². The van der Waals surface area contributed by atoms with E-state index in [0.717, 1.165) is 17.6 Å². The van der Waals surface area contributed by atoms with Crippen molar-refractivity contribution < 1.29 is 44.4 Å². The Hall–Kier alpha value is -3.33. The van der Waals surface area contributed by atoms with Gasteiger partial charge in [0, 0.05) is 75.8 Å². The number of rotatable bonds is 12. The van der Waals surface area contributed by atoms with E-state index in [1.807, 2.05) is 11.8 Å². The van der Waals surface area contributed by atoms with Gasteiger partial charge in [-0.1, -0.05) is 13.3 Å². The lowest BCUT2D eigenvalue weighted by atomic mass is 10.2. The SMILES string of the molecule is CCCCNC(=O)c1cc[n+](O)c(CN2CCN(CC(=O)O)CCN(CC(=O)O)CCN(CC(=O)O)CC2)c1. The molecule has 14 nitrogen and oxygen atoms in total. The van der Waals surface area contributed by atoms with E-state index in [4.69, 9.17) is 0 Å². The lowest BCUT2D eigenvalue weighted by Crippen LogP contribution is -2.49. The molecule has 0 atom stereocenters. The summed E-state index contributed by atoms with van der Waals surface area (Å²) in [4.78, 5) is 53.9. The molecule has 0 radical (unpaired) electrons. The number of pyridine rings is 1. The minimum Gasteiger partial charge on any atom is -0.480 e. The number of nitrogens with one attached hydrogen (secondary N) is 1. The van der Waals surface area contributed by atoms with Crippen LogP contribution < -0.4 is 10.0 Å². The number of carbonyl (C=O) groups is 4. The largest absolute Gasteiger partial charge is 0.480 e. The van der Waals surface area contributed by atoms with Crippen LogP contribution in [0.25, 0.3) is 0 Å². The monoisotopic (exact) mass is 553 g/mol. The summed E-state index contributed by atoms with van der Waals surface area (Å²) in [5.74, 6) is -3.26. The summed E-state index contributed by atoms with van der Waals surface area (Å²) >= 11 is 0. The molecule has 0 aliphatic carbocycles. The van der Waals surface area contributed by atoms with Gasteiger partial charge in [-0.2, -0.15) is 0 Å². The number of hydrogen-bond donors (Lipinski definition) is 5. The van der Waals surface area contributed by atoms with Crippen LogP contribution in [0.3, 0.4) is 0 Å². The van der Waals surface area contributed by atoms with E-state index >= 15 is 0 Å². The van der Waals surface area contributed by atoms with Crippen LogP contribution in [0.2, 0.25) is 0 Å². The number of amides is 1. The van der Waals surface area contributed by atoms with Crippen molar-refractivity contribution in [3.63, 3.8) is 0 Å². The van der Waals surface area contributed by atoms with Gasteiger partial charge in [0.25, 0.3) is 5.91 Å². The summed E-state index contributed by atoms with van der Waals surface area (Å²) in [6, 6.07) is 3.12. The van der Waals surface area contributed by atoms with Gasteiger partial charge in [-0.05, 0) is 6.42 Å². The number of carboxylic acid groups (broad SMARTS) is 3. The number of carboxylic acids is 3. The first-order chi connectivity index (χ1) is 18.6. The Balaban J connectivity index is 2.23. The van der Waals surface area contributed by atoms with E-state index in [1.165, 1.54) is 12.3 Å². The summed E-state index contributed by atoms with van der Waals surface area (Å²) in [7, 11) is 0. The molecule has 1 aromatic rings. The quantitative estimate of drug-likeness (QED) is 0.118. The number of nitrogens with zero attached hydrogens (tertiary/aromatic N) is 5. The molecule has 1 amide bonds. The normalized spacial score (nSPS) is 17.2. The van der Waals surface area contributed by atoms with Crippen molar-refractivity contribution in [2.45, 2.75) is 26.3 Å². The van der Waals surface area contributed by atoms with Crippen molar-refractivity contribution in [2.24, 2.45) is 0 Å². The third-order valence-corrected chi connectivity index (χ3v) is 6.48. The number of hydrogen-bond acceptors (Lipinski definition) is 9. The van der Waals surface area contributed by atoms with Crippen molar-refractivity contribution in [3.8, 4) is 0 Å². The second-order valence-electron chi connectivity index (χ2n) is 9.65. The van der Waals surface area contributed by atoms with Gasteiger partial charge in [0.15, 0.2) is 0 Å². The fourth-order valence-corrected chi connectivity index (χ4v) is 4.29. The lowest BCUT2D eigenvalue weighted by molar-refractivity contribution is -0.910. The van der Waals surface area contributed by atoms with E-state index in [-0.39, 0.29) is 32.1 Å². The van der Waals surface area contributed by atoms with Crippen molar-refractivity contribution in [1.29, 1.82) is 0 Å². The molecule has 0 spiro atoms. The molecule has 0 bridgehead atoms. The Morgan fingerprint density at radius 2 is 1.23 bits per heavy atom. The smallest absolute Gasteiger partial charge is 0.317 e. The molecule has 1 aliphatic rings. The highest BCUT2D eigenvalue weighted by Crippen LogP contribution is 2.07. The topological polar surface area (TPSA) is 178 Å². The highest BCUT2D eigenvalue weighted by atomic mass is 16.5. The third-order valence-electron chi connectivity index (χ3n) is 6.48.